The SMILES string of the molecule is OCCCc1ncnn1C(c1ccccc1)(c1ccccc1)c1ccccc1. The lowest BCUT2D eigenvalue weighted by molar-refractivity contribution is 0.285. The third-order valence-corrected chi connectivity index (χ3v) is 5.07. The normalized spacial score (nSPS) is 11.5. The molecule has 0 aliphatic heterocycles. The highest BCUT2D eigenvalue weighted by molar-refractivity contribution is 5.50. The summed E-state index contributed by atoms with van der Waals surface area (Å²) in [6.07, 6.45) is 2.91. The number of aliphatic hydroxyl groups excluding tert-OH is 1. The lowest BCUT2D eigenvalue weighted by atomic mass is 9.77. The zero-order valence-electron chi connectivity index (χ0n) is 15.6. The summed E-state index contributed by atoms with van der Waals surface area (Å²) in [6, 6.07) is 31.2. The maximum Gasteiger partial charge on any atom is 0.140 e. The van der Waals surface area contributed by atoms with Gasteiger partial charge in [-0.05, 0) is 23.1 Å². The molecule has 1 N–H and O–H groups in total. The smallest absolute Gasteiger partial charge is 0.140 e. The molecule has 4 aromatic rings. The van der Waals surface area contributed by atoms with Gasteiger partial charge in [0.05, 0.1) is 0 Å². The molecule has 0 unspecified atom stereocenters. The molecule has 3 aromatic carbocycles. The minimum atomic E-state index is -0.648. The fraction of sp³-hybridized carbons (Fsp3) is 0.167. The van der Waals surface area contributed by atoms with E-state index in [-0.39, 0.29) is 6.61 Å². The van der Waals surface area contributed by atoms with Crippen LogP contribution in [-0.2, 0) is 12.0 Å². The van der Waals surface area contributed by atoms with Crippen LogP contribution in [0.5, 0.6) is 0 Å². The molecule has 0 amide bonds. The number of benzene rings is 3. The maximum absolute atomic E-state index is 9.35. The molecule has 1 heterocycles. The summed E-state index contributed by atoms with van der Waals surface area (Å²) in [6.45, 7) is 0.127. The topological polar surface area (TPSA) is 50.9 Å². The third kappa shape index (κ3) is 3.12. The van der Waals surface area contributed by atoms with Gasteiger partial charge in [0.2, 0.25) is 0 Å². The van der Waals surface area contributed by atoms with E-state index in [2.05, 4.69) is 77.8 Å². The van der Waals surface area contributed by atoms with E-state index in [1.54, 1.807) is 6.33 Å². The van der Waals surface area contributed by atoms with Crippen LogP contribution in [0, 0.1) is 0 Å². The van der Waals surface area contributed by atoms with E-state index in [1.807, 2.05) is 22.9 Å². The Kier molecular flexibility index (Phi) is 5.31. The van der Waals surface area contributed by atoms with E-state index < -0.39 is 5.54 Å². The van der Waals surface area contributed by atoms with Crippen LogP contribution < -0.4 is 0 Å². The van der Waals surface area contributed by atoms with Crippen molar-refractivity contribution in [2.24, 2.45) is 0 Å². The third-order valence-electron chi connectivity index (χ3n) is 5.07. The van der Waals surface area contributed by atoms with Gasteiger partial charge in [0.15, 0.2) is 0 Å². The number of rotatable bonds is 7. The Morgan fingerprint density at radius 2 is 1.18 bits per heavy atom. The van der Waals surface area contributed by atoms with E-state index >= 15 is 0 Å². The molecule has 140 valence electrons. The average Bonchev–Trinajstić information content (AvgIpc) is 3.24. The summed E-state index contributed by atoms with van der Waals surface area (Å²) in [7, 11) is 0. The Morgan fingerprint density at radius 3 is 1.61 bits per heavy atom. The largest absolute Gasteiger partial charge is 0.396 e. The summed E-state index contributed by atoms with van der Waals surface area (Å²) >= 11 is 0. The van der Waals surface area contributed by atoms with E-state index in [9.17, 15) is 5.11 Å². The first-order chi connectivity index (χ1) is 13.9. The lowest BCUT2D eigenvalue weighted by Crippen LogP contribution is -2.40. The maximum atomic E-state index is 9.35. The van der Waals surface area contributed by atoms with Gasteiger partial charge in [0, 0.05) is 13.0 Å². The number of aryl methyl sites for hydroxylation is 1. The highest BCUT2D eigenvalue weighted by atomic mass is 16.2. The minimum absolute atomic E-state index is 0.127. The number of hydrogen-bond donors (Lipinski definition) is 1. The molecule has 0 fully saturated rings. The van der Waals surface area contributed by atoms with Crippen molar-refractivity contribution in [2.75, 3.05) is 6.61 Å². The first-order valence-corrected chi connectivity index (χ1v) is 9.54. The van der Waals surface area contributed by atoms with E-state index in [0.717, 1.165) is 22.5 Å². The van der Waals surface area contributed by atoms with Crippen LogP contribution in [0.25, 0.3) is 0 Å². The molecule has 4 rings (SSSR count). The predicted octanol–water partition coefficient (Wildman–Crippen LogP) is 4.04. The van der Waals surface area contributed by atoms with Crippen LogP contribution in [-0.4, -0.2) is 26.5 Å². The van der Waals surface area contributed by atoms with Gasteiger partial charge < -0.3 is 5.11 Å². The molecule has 0 radical (unpaired) electrons. The fourth-order valence-electron chi connectivity index (χ4n) is 3.86. The highest BCUT2D eigenvalue weighted by Gasteiger charge is 2.40. The van der Waals surface area contributed by atoms with Crippen molar-refractivity contribution in [2.45, 2.75) is 18.4 Å². The van der Waals surface area contributed by atoms with Gasteiger partial charge in [0.25, 0.3) is 0 Å². The number of aromatic nitrogens is 3. The van der Waals surface area contributed by atoms with Crippen molar-refractivity contribution in [3.05, 3.63) is 120 Å². The van der Waals surface area contributed by atoms with Crippen LogP contribution in [0.15, 0.2) is 97.3 Å². The number of hydrogen-bond acceptors (Lipinski definition) is 3. The molecule has 0 spiro atoms. The molecule has 0 atom stereocenters. The van der Waals surface area contributed by atoms with Crippen molar-refractivity contribution in [1.82, 2.24) is 14.8 Å². The molecule has 4 heteroatoms. The van der Waals surface area contributed by atoms with Gasteiger partial charge >= 0.3 is 0 Å². The van der Waals surface area contributed by atoms with Crippen LogP contribution in [0.3, 0.4) is 0 Å². The standard InChI is InChI=1S/C24H23N3O/c28-18-10-17-23-25-19-26-27(23)24(20-11-4-1-5-12-20,21-13-6-2-7-14-21)22-15-8-3-9-16-22/h1-9,11-16,19,28H,10,17-18H2. The van der Waals surface area contributed by atoms with Crippen molar-refractivity contribution in [3.8, 4) is 0 Å². The van der Waals surface area contributed by atoms with Gasteiger partial charge in [0.1, 0.15) is 17.7 Å². The van der Waals surface area contributed by atoms with Gasteiger partial charge in [-0.2, -0.15) is 5.10 Å². The summed E-state index contributed by atoms with van der Waals surface area (Å²) < 4.78 is 2.02. The van der Waals surface area contributed by atoms with E-state index in [1.165, 1.54) is 0 Å². The summed E-state index contributed by atoms with van der Waals surface area (Å²) in [5, 5.41) is 14.0. The minimum Gasteiger partial charge on any atom is -0.396 e. The van der Waals surface area contributed by atoms with Gasteiger partial charge in [-0.1, -0.05) is 91.0 Å². The van der Waals surface area contributed by atoms with Crippen LogP contribution in [0.2, 0.25) is 0 Å². The molecule has 4 nitrogen and oxygen atoms in total. The zero-order chi connectivity index (χ0) is 19.2. The first-order valence-electron chi connectivity index (χ1n) is 9.54. The Balaban J connectivity index is 2.07. The Labute approximate surface area is 165 Å². The second kappa shape index (κ2) is 8.19. The van der Waals surface area contributed by atoms with Crippen molar-refractivity contribution in [1.29, 1.82) is 0 Å². The molecule has 0 aliphatic rings. The molecule has 0 aliphatic carbocycles. The molecule has 28 heavy (non-hydrogen) atoms. The van der Waals surface area contributed by atoms with Crippen molar-refractivity contribution < 1.29 is 5.11 Å². The second-order valence-corrected chi connectivity index (χ2v) is 6.72. The average molecular weight is 369 g/mol. The van der Waals surface area contributed by atoms with Crippen LogP contribution >= 0.6 is 0 Å². The number of nitrogens with zero attached hydrogens (tertiary/aromatic N) is 3. The summed E-state index contributed by atoms with van der Waals surface area (Å²) in [5.41, 5.74) is 2.69. The van der Waals surface area contributed by atoms with Gasteiger partial charge in [-0.25, -0.2) is 9.67 Å². The zero-order valence-corrected chi connectivity index (χ0v) is 15.6. The molecule has 0 saturated carbocycles. The summed E-state index contributed by atoms with van der Waals surface area (Å²) in [5.74, 6) is 0.852. The van der Waals surface area contributed by atoms with Gasteiger partial charge in [-0.3, -0.25) is 0 Å². The van der Waals surface area contributed by atoms with E-state index in [4.69, 9.17) is 5.10 Å². The monoisotopic (exact) mass is 369 g/mol. The lowest BCUT2D eigenvalue weighted by Gasteiger charge is -2.37. The molecule has 0 saturated heterocycles. The van der Waals surface area contributed by atoms with Crippen LogP contribution in [0.1, 0.15) is 28.9 Å². The Hall–Kier alpha value is -3.24. The quantitative estimate of drug-likeness (QED) is 0.500. The first kappa shape index (κ1) is 18.1. The molecular weight excluding hydrogens is 346 g/mol. The molecule has 1 aromatic heterocycles. The van der Waals surface area contributed by atoms with Crippen molar-refractivity contribution >= 4 is 0 Å². The van der Waals surface area contributed by atoms with Crippen LogP contribution in [0.4, 0.5) is 0 Å². The highest BCUT2D eigenvalue weighted by Crippen LogP contribution is 2.40. The second-order valence-electron chi connectivity index (χ2n) is 6.72. The van der Waals surface area contributed by atoms with Gasteiger partial charge in [-0.15, -0.1) is 0 Å². The molecular formula is C24H23N3O. The van der Waals surface area contributed by atoms with E-state index in [0.29, 0.717) is 12.8 Å². The predicted molar refractivity (Wildman–Crippen MR) is 110 cm³/mol. The Bertz CT molecular complexity index is 901. The molecule has 0 bridgehead atoms. The summed E-state index contributed by atoms with van der Waals surface area (Å²) in [4.78, 5) is 4.54. The van der Waals surface area contributed by atoms with Crippen molar-refractivity contribution in [3.63, 3.8) is 0 Å². The number of aliphatic hydroxyl groups is 1. The Morgan fingerprint density at radius 1 is 0.714 bits per heavy atom. The fourth-order valence-corrected chi connectivity index (χ4v) is 3.86.